The Kier molecular flexibility index (Phi) is 6.48. The summed E-state index contributed by atoms with van der Waals surface area (Å²) in [5, 5.41) is 19.7. The van der Waals surface area contributed by atoms with Gasteiger partial charge in [-0.2, -0.15) is 0 Å². The zero-order valence-corrected chi connectivity index (χ0v) is 17.5. The van der Waals surface area contributed by atoms with Crippen LogP contribution < -0.4 is 0 Å². The zero-order valence-electron chi connectivity index (χ0n) is 17.5. The van der Waals surface area contributed by atoms with E-state index in [0.717, 1.165) is 24.8 Å². The molecule has 0 aliphatic heterocycles. The fourth-order valence-electron chi connectivity index (χ4n) is 6.05. The summed E-state index contributed by atoms with van der Waals surface area (Å²) in [7, 11) is 0. The lowest BCUT2D eigenvalue weighted by molar-refractivity contribution is 0.111. The largest absolute Gasteiger partial charge is 0.389 e. The zero-order chi connectivity index (χ0) is 19.6. The van der Waals surface area contributed by atoms with Gasteiger partial charge in [0, 0.05) is 0 Å². The summed E-state index contributed by atoms with van der Waals surface area (Å²) < 4.78 is 0. The van der Waals surface area contributed by atoms with E-state index >= 15 is 0 Å². The predicted octanol–water partition coefficient (Wildman–Crippen LogP) is 5.73. The summed E-state index contributed by atoms with van der Waals surface area (Å²) in [6, 6.07) is 0. The van der Waals surface area contributed by atoms with Gasteiger partial charge in [-0.15, -0.1) is 0 Å². The average molecular weight is 371 g/mol. The highest BCUT2D eigenvalue weighted by Gasteiger charge is 2.50. The van der Waals surface area contributed by atoms with Crippen LogP contribution in [0.5, 0.6) is 0 Å². The van der Waals surface area contributed by atoms with Crippen molar-refractivity contribution < 1.29 is 10.2 Å². The molecule has 3 aliphatic carbocycles. The molecule has 2 heteroatoms. The molecule has 0 aromatic heterocycles. The van der Waals surface area contributed by atoms with Crippen LogP contribution in [0.3, 0.4) is 0 Å². The van der Waals surface area contributed by atoms with Crippen LogP contribution in [0.1, 0.15) is 72.1 Å². The topological polar surface area (TPSA) is 40.5 Å². The third-order valence-corrected chi connectivity index (χ3v) is 7.60. The first-order chi connectivity index (χ1) is 12.8. The molecule has 6 atom stereocenters. The Morgan fingerprint density at radius 2 is 1.85 bits per heavy atom. The Hall–Kier alpha value is -1.12. The fraction of sp³-hybridized carbons (Fsp3) is 0.680. The monoisotopic (exact) mass is 370 g/mol. The van der Waals surface area contributed by atoms with E-state index in [0.29, 0.717) is 23.2 Å². The third kappa shape index (κ3) is 4.32. The van der Waals surface area contributed by atoms with Crippen molar-refractivity contribution in [2.24, 2.45) is 23.2 Å². The SMILES string of the molecule is C=C1/C(=C\C=C2/CCCC3(C)C2CC[C@@H]3[C@H](C)/C=C/C(C)O)CCCC1O. The second-order valence-electron chi connectivity index (χ2n) is 9.45. The number of hydrogen-bond acceptors (Lipinski definition) is 2. The molecule has 2 N–H and O–H groups in total. The summed E-state index contributed by atoms with van der Waals surface area (Å²) in [5.41, 5.74) is 4.15. The predicted molar refractivity (Wildman–Crippen MR) is 113 cm³/mol. The summed E-state index contributed by atoms with van der Waals surface area (Å²) in [6.07, 6.45) is 17.4. The number of aliphatic hydroxyl groups excluding tert-OH is 2. The molecule has 0 aromatic carbocycles. The summed E-state index contributed by atoms with van der Waals surface area (Å²) in [4.78, 5) is 0. The van der Waals surface area contributed by atoms with Crippen molar-refractivity contribution in [2.75, 3.05) is 0 Å². The Morgan fingerprint density at radius 3 is 2.59 bits per heavy atom. The normalized spacial score (nSPS) is 39.9. The van der Waals surface area contributed by atoms with Crippen LogP contribution in [0.2, 0.25) is 0 Å². The molecule has 3 rings (SSSR count). The third-order valence-electron chi connectivity index (χ3n) is 7.60. The van der Waals surface area contributed by atoms with E-state index in [4.69, 9.17) is 0 Å². The van der Waals surface area contributed by atoms with Gasteiger partial charge in [0.15, 0.2) is 0 Å². The Morgan fingerprint density at radius 1 is 1.07 bits per heavy atom. The fourth-order valence-corrected chi connectivity index (χ4v) is 6.05. The lowest BCUT2D eigenvalue weighted by Gasteiger charge is -2.44. The highest BCUT2D eigenvalue weighted by atomic mass is 16.3. The lowest BCUT2D eigenvalue weighted by atomic mass is 9.61. The molecule has 4 unspecified atom stereocenters. The average Bonchev–Trinajstić information content (AvgIpc) is 2.98. The number of allylic oxidation sites excluding steroid dienone is 4. The van der Waals surface area contributed by atoms with Crippen LogP contribution in [0.25, 0.3) is 0 Å². The minimum Gasteiger partial charge on any atom is -0.389 e. The number of rotatable bonds is 4. The number of fused-ring (bicyclic) bond motifs is 1. The van der Waals surface area contributed by atoms with E-state index < -0.39 is 0 Å². The van der Waals surface area contributed by atoms with Crippen LogP contribution in [-0.4, -0.2) is 22.4 Å². The van der Waals surface area contributed by atoms with Crippen LogP contribution in [0.15, 0.2) is 47.6 Å². The second kappa shape index (κ2) is 8.49. The van der Waals surface area contributed by atoms with E-state index in [2.05, 4.69) is 38.7 Å². The molecule has 3 aliphatic rings. The van der Waals surface area contributed by atoms with E-state index in [-0.39, 0.29) is 12.2 Å². The molecule has 0 spiro atoms. The van der Waals surface area contributed by atoms with Crippen LogP contribution in [0, 0.1) is 23.2 Å². The maximum atomic E-state index is 10.1. The molecule has 0 amide bonds. The molecule has 0 radical (unpaired) electrons. The van der Waals surface area contributed by atoms with Gasteiger partial charge in [0.05, 0.1) is 12.2 Å². The van der Waals surface area contributed by atoms with Crippen molar-refractivity contribution in [1.29, 1.82) is 0 Å². The lowest BCUT2D eigenvalue weighted by Crippen LogP contribution is -2.35. The highest BCUT2D eigenvalue weighted by Crippen LogP contribution is 2.59. The van der Waals surface area contributed by atoms with Crippen LogP contribution in [0.4, 0.5) is 0 Å². The van der Waals surface area contributed by atoms with E-state index in [1.165, 1.54) is 37.7 Å². The van der Waals surface area contributed by atoms with E-state index in [1.807, 2.05) is 13.0 Å². The van der Waals surface area contributed by atoms with Gasteiger partial charge >= 0.3 is 0 Å². The maximum absolute atomic E-state index is 10.1. The Balaban J connectivity index is 1.78. The minimum absolute atomic E-state index is 0.350. The molecule has 0 aromatic rings. The van der Waals surface area contributed by atoms with Crippen molar-refractivity contribution in [2.45, 2.75) is 84.3 Å². The van der Waals surface area contributed by atoms with Crippen LogP contribution in [-0.2, 0) is 0 Å². The molecule has 0 bridgehead atoms. The van der Waals surface area contributed by atoms with Gasteiger partial charge in [0.25, 0.3) is 0 Å². The van der Waals surface area contributed by atoms with E-state index in [9.17, 15) is 10.2 Å². The minimum atomic E-state index is -0.357. The smallest absolute Gasteiger partial charge is 0.0787 e. The summed E-state index contributed by atoms with van der Waals surface area (Å²) in [6.45, 7) is 10.8. The van der Waals surface area contributed by atoms with Crippen LogP contribution >= 0.6 is 0 Å². The number of aliphatic hydroxyl groups is 2. The van der Waals surface area contributed by atoms with Gasteiger partial charge in [-0.05, 0) is 92.6 Å². The molecule has 2 nitrogen and oxygen atoms in total. The number of hydrogen-bond donors (Lipinski definition) is 2. The van der Waals surface area contributed by atoms with E-state index in [1.54, 1.807) is 5.57 Å². The Bertz CT molecular complexity index is 639. The molecule has 150 valence electrons. The van der Waals surface area contributed by atoms with Gasteiger partial charge in [0.2, 0.25) is 0 Å². The molecular formula is C25H38O2. The van der Waals surface area contributed by atoms with Gasteiger partial charge in [-0.25, -0.2) is 0 Å². The van der Waals surface area contributed by atoms with Gasteiger partial charge < -0.3 is 10.2 Å². The Labute approximate surface area is 165 Å². The summed E-state index contributed by atoms with van der Waals surface area (Å²) >= 11 is 0. The van der Waals surface area contributed by atoms with Crippen molar-refractivity contribution in [3.63, 3.8) is 0 Å². The first kappa shape index (κ1) is 20.6. The summed E-state index contributed by atoms with van der Waals surface area (Å²) in [5.74, 6) is 1.89. The molecule has 0 saturated heterocycles. The molecular weight excluding hydrogens is 332 g/mol. The first-order valence-electron chi connectivity index (χ1n) is 11.0. The van der Waals surface area contributed by atoms with Crippen molar-refractivity contribution in [1.82, 2.24) is 0 Å². The van der Waals surface area contributed by atoms with Crippen molar-refractivity contribution >= 4 is 0 Å². The second-order valence-corrected chi connectivity index (χ2v) is 9.45. The highest BCUT2D eigenvalue weighted by molar-refractivity contribution is 5.37. The van der Waals surface area contributed by atoms with Crippen molar-refractivity contribution in [3.8, 4) is 0 Å². The molecule has 3 fully saturated rings. The van der Waals surface area contributed by atoms with Crippen molar-refractivity contribution in [3.05, 3.63) is 47.6 Å². The standard InChI is InChI=1S/C25H38O2/c1-17(10-11-18(2)26)22-14-15-23-21(8-6-16-25(22,23)4)13-12-20-7-5-9-24(27)19(20)3/h10-13,17-18,22-24,26-27H,3,5-9,14-16H2,1-2,4H3/b11-10+,20-12-,21-13+/t17-,18?,22-,23?,24?,25?/m1/s1. The first-order valence-corrected chi connectivity index (χ1v) is 11.0. The maximum Gasteiger partial charge on any atom is 0.0787 e. The van der Waals surface area contributed by atoms with Gasteiger partial charge in [0.1, 0.15) is 0 Å². The van der Waals surface area contributed by atoms with Gasteiger partial charge in [-0.3, -0.25) is 0 Å². The quantitative estimate of drug-likeness (QED) is 0.620. The molecule has 0 heterocycles. The molecule has 27 heavy (non-hydrogen) atoms. The van der Waals surface area contributed by atoms with Gasteiger partial charge in [-0.1, -0.05) is 50.3 Å². The molecule has 3 saturated carbocycles.